The van der Waals surface area contributed by atoms with Crippen molar-refractivity contribution < 1.29 is 22.7 Å². The van der Waals surface area contributed by atoms with E-state index in [-0.39, 0.29) is 5.69 Å². The van der Waals surface area contributed by atoms with E-state index < -0.39 is 23.5 Å². The van der Waals surface area contributed by atoms with Gasteiger partial charge >= 0.3 is 6.03 Å². The Morgan fingerprint density at radius 1 is 1.04 bits per heavy atom. The molecule has 1 fully saturated rings. The number of amides is 2. The van der Waals surface area contributed by atoms with Crippen molar-refractivity contribution >= 4 is 17.4 Å². The molecule has 5 nitrogen and oxygen atoms in total. The Kier molecular flexibility index (Phi) is 5.43. The maximum Gasteiger partial charge on any atom is 0.322 e. The molecular formula is C19H20F3N3O2. The Morgan fingerprint density at radius 3 is 2.41 bits per heavy atom. The van der Waals surface area contributed by atoms with Gasteiger partial charge in [0, 0.05) is 26.2 Å². The molecule has 0 atom stereocenters. The summed E-state index contributed by atoms with van der Waals surface area (Å²) in [7, 11) is 1.61. The number of piperazine rings is 1. The zero-order valence-electron chi connectivity index (χ0n) is 15.1. The van der Waals surface area contributed by atoms with Crippen molar-refractivity contribution in [2.75, 3.05) is 43.5 Å². The van der Waals surface area contributed by atoms with Gasteiger partial charge in [0.15, 0.2) is 17.5 Å². The topological polar surface area (TPSA) is 44.8 Å². The first-order valence-corrected chi connectivity index (χ1v) is 8.49. The second-order valence-corrected chi connectivity index (χ2v) is 6.30. The molecule has 0 aromatic heterocycles. The van der Waals surface area contributed by atoms with E-state index in [9.17, 15) is 18.0 Å². The lowest BCUT2D eigenvalue weighted by atomic mass is 10.1. The number of benzene rings is 2. The second kappa shape index (κ2) is 7.77. The average Bonchev–Trinajstić information content (AvgIpc) is 2.68. The van der Waals surface area contributed by atoms with Gasteiger partial charge in [-0.15, -0.1) is 0 Å². The molecular weight excluding hydrogens is 359 g/mol. The Hall–Kier alpha value is -2.90. The molecule has 0 radical (unpaired) electrons. The van der Waals surface area contributed by atoms with Crippen LogP contribution < -0.4 is 15.0 Å². The Labute approximate surface area is 155 Å². The van der Waals surface area contributed by atoms with Gasteiger partial charge in [-0.1, -0.05) is 6.07 Å². The van der Waals surface area contributed by atoms with E-state index in [4.69, 9.17) is 4.74 Å². The van der Waals surface area contributed by atoms with Gasteiger partial charge < -0.3 is 19.9 Å². The normalized spacial score (nSPS) is 14.3. The molecule has 1 saturated heterocycles. The van der Waals surface area contributed by atoms with Gasteiger partial charge in [-0.25, -0.2) is 18.0 Å². The molecule has 144 valence electrons. The molecule has 0 aliphatic carbocycles. The zero-order valence-corrected chi connectivity index (χ0v) is 15.1. The van der Waals surface area contributed by atoms with Crippen LogP contribution in [0.2, 0.25) is 0 Å². The predicted octanol–water partition coefficient (Wildman–Crippen LogP) is 3.78. The summed E-state index contributed by atoms with van der Waals surface area (Å²) in [5.41, 5.74) is 1.66. The minimum atomic E-state index is -1.61. The minimum Gasteiger partial charge on any atom is -0.495 e. The molecule has 0 spiro atoms. The van der Waals surface area contributed by atoms with Crippen LogP contribution in [0.3, 0.4) is 0 Å². The van der Waals surface area contributed by atoms with E-state index in [1.165, 1.54) is 4.90 Å². The molecule has 1 aliphatic heterocycles. The summed E-state index contributed by atoms with van der Waals surface area (Å²) in [5.74, 6) is -3.57. The van der Waals surface area contributed by atoms with E-state index >= 15 is 0 Å². The Bertz CT molecular complexity index is 852. The number of rotatable bonds is 3. The summed E-state index contributed by atoms with van der Waals surface area (Å²) in [6.07, 6.45) is 0. The van der Waals surface area contributed by atoms with Crippen LogP contribution in [0.4, 0.5) is 29.3 Å². The number of carbonyl (C=O) groups is 1. The van der Waals surface area contributed by atoms with Gasteiger partial charge in [0.2, 0.25) is 0 Å². The van der Waals surface area contributed by atoms with E-state index in [2.05, 4.69) is 10.2 Å². The number of urea groups is 1. The number of hydrogen-bond donors (Lipinski definition) is 1. The van der Waals surface area contributed by atoms with Crippen LogP contribution in [0.15, 0.2) is 30.3 Å². The highest BCUT2D eigenvalue weighted by atomic mass is 19.2. The van der Waals surface area contributed by atoms with Crippen LogP contribution in [0, 0.1) is 24.4 Å². The highest BCUT2D eigenvalue weighted by Gasteiger charge is 2.24. The Morgan fingerprint density at radius 2 is 1.74 bits per heavy atom. The molecule has 1 heterocycles. The van der Waals surface area contributed by atoms with Gasteiger partial charge in [-0.2, -0.15) is 0 Å². The maximum atomic E-state index is 13.7. The summed E-state index contributed by atoms with van der Waals surface area (Å²) >= 11 is 0. The van der Waals surface area contributed by atoms with Gasteiger partial charge in [0.1, 0.15) is 5.75 Å². The molecule has 8 heteroatoms. The third kappa shape index (κ3) is 3.94. The molecule has 27 heavy (non-hydrogen) atoms. The SMILES string of the molecule is COc1ccc(C)cc1N1CCN(C(=O)Nc2ccc(F)c(F)c2F)CC1. The number of anilines is 2. The number of nitrogens with one attached hydrogen (secondary N) is 1. The lowest BCUT2D eigenvalue weighted by Crippen LogP contribution is -2.50. The summed E-state index contributed by atoms with van der Waals surface area (Å²) in [6, 6.07) is 7.09. The van der Waals surface area contributed by atoms with Crippen molar-refractivity contribution in [2.45, 2.75) is 6.92 Å². The third-order valence-corrected chi connectivity index (χ3v) is 4.52. The zero-order chi connectivity index (χ0) is 19.6. The molecule has 2 aromatic rings. The molecule has 1 N–H and O–H groups in total. The summed E-state index contributed by atoms with van der Waals surface area (Å²) in [6.45, 7) is 3.91. The number of carbonyl (C=O) groups excluding carboxylic acids is 1. The number of nitrogens with zero attached hydrogens (tertiary/aromatic N) is 2. The molecule has 0 bridgehead atoms. The fraction of sp³-hybridized carbons (Fsp3) is 0.316. The van der Waals surface area contributed by atoms with Crippen molar-refractivity contribution in [3.63, 3.8) is 0 Å². The van der Waals surface area contributed by atoms with Crippen LogP contribution in [0.25, 0.3) is 0 Å². The highest BCUT2D eigenvalue weighted by Crippen LogP contribution is 2.30. The number of ether oxygens (including phenoxy) is 1. The number of aryl methyl sites for hydroxylation is 1. The van der Waals surface area contributed by atoms with Crippen LogP contribution in [-0.4, -0.2) is 44.2 Å². The van der Waals surface area contributed by atoms with Crippen molar-refractivity contribution in [1.29, 1.82) is 0 Å². The second-order valence-electron chi connectivity index (χ2n) is 6.30. The van der Waals surface area contributed by atoms with Crippen LogP contribution in [0.1, 0.15) is 5.56 Å². The molecule has 2 aromatic carbocycles. The summed E-state index contributed by atoms with van der Waals surface area (Å²) < 4.78 is 45.4. The first-order valence-electron chi connectivity index (χ1n) is 8.49. The van der Waals surface area contributed by atoms with Crippen molar-refractivity contribution in [1.82, 2.24) is 4.90 Å². The maximum absolute atomic E-state index is 13.7. The molecule has 2 amide bonds. The Balaban J connectivity index is 1.65. The number of halogens is 3. The third-order valence-electron chi connectivity index (χ3n) is 4.52. The lowest BCUT2D eigenvalue weighted by Gasteiger charge is -2.36. The highest BCUT2D eigenvalue weighted by molar-refractivity contribution is 5.89. The van der Waals surface area contributed by atoms with Crippen molar-refractivity contribution in [3.8, 4) is 5.75 Å². The molecule has 3 rings (SSSR count). The fourth-order valence-corrected chi connectivity index (χ4v) is 3.01. The van der Waals surface area contributed by atoms with Crippen LogP contribution in [0.5, 0.6) is 5.75 Å². The quantitative estimate of drug-likeness (QED) is 0.826. The summed E-state index contributed by atoms with van der Waals surface area (Å²) in [4.78, 5) is 15.9. The number of methoxy groups -OCH3 is 1. The first-order chi connectivity index (χ1) is 12.9. The van der Waals surface area contributed by atoms with E-state index in [0.29, 0.717) is 26.2 Å². The van der Waals surface area contributed by atoms with Crippen molar-refractivity contribution in [3.05, 3.63) is 53.3 Å². The van der Waals surface area contributed by atoms with Crippen LogP contribution in [-0.2, 0) is 0 Å². The monoisotopic (exact) mass is 379 g/mol. The molecule has 0 saturated carbocycles. The van der Waals surface area contributed by atoms with Gasteiger partial charge in [-0.05, 0) is 36.8 Å². The first kappa shape index (κ1) is 18.9. The summed E-state index contributed by atoms with van der Waals surface area (Å²) in [5, 5.41) is 2.30. The van der Waals surface area contributed by atoms with Gasteiger partial charge in [-0.3, -0.25) is 0 Å². The smallest absolute Gasteiger partial charge is 0.322 e. The van der Waals surface area contributed by atoms with Gasteiger partial charge in [0.25, 0.3) is 0 Å². The predicted molar refractivity (Wildman–Crippen MR) is 96.9 cm³/mol. The fourth-order valence-electron chi connectivity index (χ4n) is 3.01. The average molecular weight is 379 g/mol. The van der Waals surface area contributed by atoms with Crippen LogP contribution >= 0.6 is 0 Å². The standard InChI is InChI=1S/C19H20F3N3O2/c1-12-3-6-16(27-2)15(11-12)24-7-9-25(10-8-24)19(26)23-14-5-4-13(20)17(21)18(14)22/h3-6,11H,7-10H2,1-2H3,(H,23,26). The lowest BCUT2D eigenvalue weighted by molar-refractivity contribution is 0.208. The van der Waals surface area contributed by atoms with E-state index in [1.54, 1.807) is 7.11 Å². The van der Waals surface area contributed by atoms with E-state index in [0.717, 1.165) is 29.1 Å². The number of hydrogen-bond acceptors (Lipinski definition) is 3. The molecule has 1 aliphatic rings. The van der Waals surface area contributed by atoms with Gasteiger partial charge in [0.05, 0.1) is 18.5 Å². The minimum absolute atomic E-state index is 0.387. The largest absolute Gasteiger partial charge is 0.495 e. The molecule has 0 unspecified atom stereocenters. The van der Waals surface area contributed by atoms with Crippen molar-refractivity contribution in [2.24, 2.45) is 0 Å². The van der Waals surface area contributed by atoms with E-state index in [1.807, 2.05) is 25.1 Å².